The van der Waals surface area contributed by atoms with E-state index in [1.54, 1.807) is 12.1 Å². The Morgan fingerprint density at radius 3 is 2.47 bits per heavy atom. The van der Waals surface area contributed by atoms with Crippen molar-refractivity contribution in [3.8, 4) is 5.75 Å². The summed E-state index contributed by atoms with van der Waals surface area (Å²) in [5.41, 5.74) is 1.98. The second-order valence-electron chi connectivity index (χ2n) is 4.34. The quantitative estimate of drug-likeness (QED) is 0.739. The molecule has 19 heavy (non-hydrogen) atoms. The van der Waals surface area contributed by atoms with Crippen LogP contribution in [0, 0.1) is 0 Å². The average molecular weight is 247 g/mol. The van der Waals surface area contributed by atoms with Gasteiger partial charge in [-0.2, -0.15) is 0 Å². The summed E-state index contributed by atoms with van der Waals surface area (Å²) in [5.74, 6) is 0.278. The van der Waals surface area contributed by atoms with Crippen molar-refractivity contribution in [3.63, 3.8) is 0 Å². The Hall–Kier alpha value is -2.61. The minimum absolute atomic E-state index is 0.278. The lowest BCUT2D eigenvalue weighted by molar-refractivity contribution is 0.475. The Morgan fingerprint density at radius 2 is 1.63 bits per heavy atom. The molecule has 3 rings (SSSR count). The van der Waals surface area contributed by atoms with Gasteiger partial charge in [0.1, 0.15) is 5.75 Å². The molecule has 92 valence electrons. The normalized spacial score (nSPS) is 11.2. The average Bonchev–Trinajstić information content (AvgIpc) is 2.47. The molecule has 0 aliphatic rings. The highest BCUT2D eigenvalue weighted by molar-refractivity contribution is 5.90. The Labute approximate surface area is 111 Å². The van der Waals surface area contributed by atoms with Gasteiger partial charge in [-0.25, -0.2) is 0 Å². The molecule has 0 aliphatic heterocycles. The lowest BCUT2D eigenvalue weighted by Crippen LogP contribution is -1.82. The molecule has 0 fully saturated rings. The van der Waals surface area contributed by atoms with Crippen LogP contribution >= 0.6 is 0 Å². The van der Waals surface area contributed by atoms with Crippen LogP contribution < -0.4 is 0 Å². The van der Waals surface area contributed by atoms with E-state index in [1.165, 1.54) is 5.39 Å². The van der Waals surface area contributed by atoms with Crippen molar-refractivity contribution in [2.45, 2.75) is 0 Å². The Bertz CT molecular complexity index is 724. The third-order valence-electron chi connectivity index (χ3n) is 3.03. The molecule has 1 heterocycles. The summed E-state index contributed by atoms with van der Waals surface area (Å²) in [6.07, 6.45) is 5.81. The van der Waals surface area contributed by atoms with Crippen molar-refractivity contribution in [2.24, 2.45) is 0 Å². The predicted octanol–water partition coefficient (Wildman–Crippen LogP) is 4.11. The van der Waals surface area contributed by atoms with Crippen LogP contribution in [0.1, 0.15) is 11.3 Å². The number of benzene rings is 2. The van der Waals surface area contributed by atoms with Crippen molar-refractivity contribution in [1.82, 2.24) is 4.98 Å². The summed E-state index contributed by atoms with van der Waals surface area (Å²) in [4.78, 5) is 4.40. The van der Waals surface area contributed by atoms with Gasteiger partial charge in [-0.3, -0.25) is 4.98 Å². The molecule has 2 nitrogen and oxygen atoms in total. The van der Waals surface area contributed by atoms with Crippen molar-refractivity contribution in [2.75, 3.05) is 0 Å². The molecule has 0 unspecified atom stereocenters. The SMILES string of the molecule is Oc1ccc(/C=C/c2nccc3ccccc23)cc1. The van der Waals surface area contributed by atoms with Crippen LogP contribution in [0.2, 0.25) is 0 Å². The van der Waals surface area contributed by atoms with Gasteiger partial charge in [0.2, 0.25) is 0 Å². The monoisotopic (exact) mass is 247 g/mol. The first-order valence-corrected chi connectivity index (χ1v) is 6.14. The van der Waals surface area contributed by atoms with E-state index in [4.69, 9.17) is 0 Å². The van der Waals surface area contributed by atoms with Crippen molar-refractivity contribution in [1.29, 1.82) is 0 Å². The summed E-state index contributed by atoms with van der Waals surface area (Å²) >= 11 is 0. The zero-order valence-electron chi connectivity index (χ0n) is 10.3. The van der Waals surface area contributed by atoms with Gasteiger partial charge in [-0.05, 0) is 35.2 Å². The molecule has 0 spiro atoms. The summed E-state index contributed by atoms with van der Waals surface area (Å²) < 4.78 is 0. The Kier molecular flexibility index (Phi) is 2.99. The van der Waals surface area contributed by atoms with E-state index in [0.717, 1.165) is 16.6 Å². The lowest BCUT2D eigenvalue weighted by Gasteiger charge is -2.00. The van der Waals surface area contributed by atoms with Gasteiger partial charge in [-0.15, -0.1) is 0 Å². The highest BCUT2D eigenvalue weighted by Crippen LogP contribution is 2.19. The summed E-state index contributed by atoms with van der Waals surface area (Å²) in [6.45, 7) is 0. The van der Waals surface area contributed by atoms with Crippen LogP contribution in [-0.2, 0) is 0 Å². The molecule has 0 saturated carbocycles. The molecular weight excluding hydrogens is 234 g/mol. The number of phenols is 1. The first-order valence-electron chi connectivity index (χ1n) is 6.14. The zero-order valence-corrected chi connectivity index (χ0v) is 10.3. The summed E-state index contributed by atoms with van der Waals surface area (Å²) in [7, 11) is 0. The molecule has 1 aromatic heterocycles. The second kappa shape index (κ2) is 4.94. The fraction of sp³-hybridized carbons (Fsp3) is 0. The van der Waals surface area contributed by atoms with Crippen LogP contribution in [0.5, 0.6) is 5.75 Å². The van der Waals surface area contributed by atoms with E-state index in [1.807, 2.05) is 48.7 Å². The molecule has 2 aromatic carbocycles. The van der Waals surface area contributed by atoms with Crippen LogP contribution in [-0.4, -0.2) is 10.1 Å². The van der Waals surface area contributed by atoms with Crippen LogP contribution in [0.15, 0.2) is 60.8 Å². The van der Waals surface area contributed by atoms with Crippen LogP contribution in [0.25, 0.3) is 22.9 Å². The molecule has 0 saturated heterocycles. The predicted molar refractivity (Wildman–Crippen MR) is 78.8 cm³/mol. The zero-order chi connectivity index (χ0) is 13.1. The number of phenolic OH excluding ortho intramolecular Hbond substituents is 1. The topological polar surface area (TPSA) is 33.1 Å². The molecule has 0 aliphatic carbocycles. The van der Waals surface area contributed by atoms with Gasteiger partial charge in [0.25, 0.3) is 0 Å². The standard InChI is InChI=1S/C17H13NO/c19-15-8-5-13(6-9-15)7-10-17-16-4-2-1-3-14(16)11-12-18-17/h1-12,19H/b10-7+. The number of fused-ring (bicyclic) bond motifs is 1. The molecule has 0 radical (unpaired) electrons. The molecular formula is C17H13NO. The number of pyridine rings is 1. The largest absolute Gasteiger partial charge is 0.508 e. The number of hydrogen-bond donors (Lipinski definition) is 1. The van der Waals surface area contributed by atoms with Crippen molar-refractivity contribution >= 4 is 22.9 Å². The van der Waals surface area contributed by atoms with Gasteiger partial charge in [-0.1, -0.05) is 42.5 Å². The van der Waals surface area contributed by atoms with Crippen molar-refractivity contribution < 1.29 is 5.11 Å². The number of aromatic hydroxyl groups is 1. The molecule has 0 bridgehead atoms. The molecule has 3 aromatic rings. The smallest absolute Gasteiger partial charge is 0.115 e. The second-order valence-corrected chi connectivity index (χ2v) is 4.34. The maximum Gasteiger partial charge on any atom is 0.115 e. The third-order valence-corrected chi connectivity index (χ3v) is 3.03. The van der Waals surface area contributed by atoms with E-state index in [-0.39, 0.29) is 5.75 Å². The van der Waals surface area contributed by atoms with Crippen LogP contribution in [0.3, 0.4) is 0 Å². The summed E-state index contributed by atoms with van der Waals surface area (Å²) in [5, 5.41) is 11.6. The highest BCUT2D eigenvalue weighted by atomic mass is 16.3. The van der Waals surface area contributed by atoms with E-state index in [2.05, 4.69) is 17.1 Å². The first-order chi connectivity index (χ1) is 9.33. The van der Waals surface area contributed by atoms with E-state index in [9.17, 15) is 5.11 Å². The minimum Gasteiger partial charge on any atom is -0.508 e. The van der Waals surface area contributed by atoms with Gasteiger partial charge in [0.05, 0.1) is 5.69 Å². The van der Waals surface area contributed by atoms with E-state index >= 15 is 0 Å². The van der Waals surface area contributed by atoms with Gasteiger partial charge < -0.3 is 5.11 Å². The van der Waals surface area contributed by atoms with Gasteiger partial charge >= 0.3 is 0 Å². The highest BCUT2D eigenvalue weighted by Gasteiger charge is 1.97. The van der Waals surface area contributed by atoms with E-state index in [0.29, 0.717) is 0 Å². The molecule has 0 atom stereocenters. The number of rotatable bonds is 2. The number of nitrogens with zero attached hydrogens (tertiary/aromatic N) is 1. The maximum atomic E-state index is 9.25. The maximum absolute atomic E-state index is 9.25. The first kappa shape index (κ1) is 11.5. The molecule has 1 N–H and O–H groups in total. The van der Waals surface area contributed by atoms with Gasteiger partial charge in [0, 0.05) is 11.6 Å². The third kappa shape index (κ3) is 2.47. The van der Waals surface area contributed by atoms with E-state index < -0.39 is 0 Å². The number of aromatic nitrogens is 1. The fourth-order valence-corrected chi connectivity index (χ4v) is 2.04. The van der Waals surface area contributed by atoms with Gasteiger partial charge in [0.15, 0.2) is 0 Å². The summed E-state index contributed by atoms with van der Waals surface area (Å²) in [6, 6.07) is 17.3. The van der Waals surface area contributed by atoms with Crippen LogP contribution in [0.4, 0.5) is 0 Å². The number of hydrogen-bond acceptors (Lipinski definition) is 2. The molecule has 2 heteroatoms. The van der Waals surface area contributed by atoms with Crippen molar-refractivity contribution in [3.05, 3.63) is 72.1 Å². The Balaban J connectivity index is 1.99. The minimum atomic E-state index is 0.278. The lowest BCUT2D eigenvalue weighted by atomic mass is 10.1. The Morgan fingerprint density at radius 1 is 0.842 bits per heavy atom. The molecule has 0 amide bonds. The fourth-order valence-electron chi connectivity index (χ4n) is 2.04.